The number of aromatic amines is 1. The topological polar surface area (TPSA) is 81.0 Å². The van der Waals surface area contributed by atoms with E-state index in [1.54, 1.807) is 31.0 Å². The SMILES string of the molecule is COc1ccc(-c2cc(=O)[nH]c(CSC)n2)cc1N. The van der Waals surface area contributed by atoms with Crippen molar-refractivity contribution in [1.29, 1.82) is 0 Å². The predicted octanol–water partition coefficient (Wildman–Crippen LogP) is 1.89. The van der Waals surface area contributed by atoms with Crippen molar-refractivity contribution in [3.8, 4) is 17.0 Å². The van der Waals surface area contributed by atoms with Gasteiger partial charge in [0.25, 0.3) is 5.56 Å². The first-order valence-corrected chi connectivity index (χ1v) is 7.06. The second-order valence-corrected chi connectivity index (χ2v) is 4.83. The highest BCUT2D eigenvalue weighted by atomic mass is 32.2. The lowest BCUT2D eigenvalue weighted by Crippen LogP contribution is -2.10. The average molecular weight is 277 g/mol. The fourth-order valence-electron chi connectivity index (χ4n) is 1.75. The first kappa shape index (κ1) is 13.5. The van der Waals surface area contributed by atoms with Gasteiger partial charge in [-0.15, -0.1) is 0 Å². The van der Waals surface area contributed by atoms with E-state index in [1.807, 2.05) is 12.3 Å². The predicted molar refractivity (Wildman–Crippen MR) is 78.5 cm³/mol. The Bertz CT molecular complexity index is 640. The molecule has 0 saturated carbocycles. The van der Waals surface area contributed by atoms with Crippen molar-refractivity contribution in [2.75, 3.05) is 19.1 Å². The van der Waals surface area contributed by atoms with Crippen LogP contribution in [-0.4, -0.2) is 23.3 Å². The van der Waals surface area contributed by atoms with Gasteiger partial charge in [-0.05, 0) is 24.5 Å². The first-order chi connectivity index (χ1) is 9.13. The maximum Gasteiger partial charge on any atom is 0.251 e. The van der Waals surface area contributed by atoms with E-state index in [2.05, 4.69) is 9.97 Å². The molecule has 0 amide bonds. The Balaban J connectivity index is 2.46. The van der Waals surface area contributed by atoms with Crippen molar-refractivity contribution < 1.29 is 4.74 Å². The average Bonchev–Trinajstić information content (AvgIpc) is 2.38. The standard InChI is InChI=1S/C13H15N3O2S/c1-18-11-4-3-8(5-9(11)14)10-6-13(17)16-12(15-10)7-19-2/h3-6H,7,14H2,1-2H3,(H,15,16,17). The molecule has 6 heteroatoms. The first-order valence-electron chi connectivity index (χ1n) is 5.67. The number of methoxy groups -OCH3 is 1. The second kappa shape index (κ2) is 5.79. The molecule has 5 nitrogen and oxygen atoms in total. The van der Waals surface area contributed by atoms with Crippen molar-refractivity contribution in [1.82, 2.24) is 9.97 Å². The normalized spacial score (nSPS) is 10.4. The Kier molecular flexibility index (Phi) is 4.11. The van der Waals surface area contributed by atoms with Gasteiger partial charge < -0.3 is 15.5 Å². The van der Waals surface area contributed by atoms with Crippen molar-refractivity contribution in [2.24, 2.45) is 0 Å². The molecular weight excluding hydrogens is 262 g/mol. The molecular formula is C13H15N3O2S. The van der Waals surface area contributed by atoms with Crippen LogP contribution >= 0.6 is 11.8 Å². The molecule has 1 aromatic carbocycles. The van der Waals surface area contributed by atoms with Gasteiger partial charge in [-0.1, -0.05) is 0 Å². The number of anilines is 1. The number of thioether (sulfide) groups is 1. The lowest BCUT2D eigenvalue weighted by Gasteiger charge is -2.07. The van der Waals surface area contributed by atoms with Gasteiger partial charge in [0.2, 0.25) is 0 Å². The van der Waals surface area contributed by atoms with E-state index in [9.17, 15) is 4.79 Å². The number of benzene rings is 1. The van der Waals surface area contributed by atoms with Crippen LogP contribution in [0.3, 0.4) is 0 Å². The van der Waals surface area contributed by atoms with Gasteiger partial charge in [0, 0.05) is 11.6 Å². The number of hydrogen-bond donors (Lipinski definition) is 2. The Morgan fingerprint density at radius 3 is 2.84 bits per heavy atom. The highest BCUT2D eigenvalue weighted by Crippen LogP contribution is 2.26. The molecule has 0 spiro atoms. The van der Waals surface area contributed by atoms with Gasteiger partial charge in [-0.2, -0.15) is 11.8 Å². The lowest BCUT2D eigenvalue weighted by atomic mass is 10.1. The quantitative estimate of drug-likeness (QED) is 0.834. The maximum atomic E-state index is 11.6. The third kappa shape index (κ3) is 3.08. The van der Waals surface area contributed by atoms with Crippen molar-refractivity contribution in [3.63, 3.8) is 0 Å². The van der Waals surface area contributed by atoms with E-state index < -0.39 is 0 Å². The summed E-state index contributed by atoms with van der Waals surface area (Å²) >= 11 is 1.60. The largest absolute Gasteiger partial charge is 0.495 e. The number of hydrogen-bond acceptors (Lipinski definition) is 5. The molecule has 3 N–H and O–H groups in total. The number of aromatic nitrogens is 2. The lowest BCUT2D eigenvalue weighted by molar-refractivity contribution is 0.417. The summed E-state index contributed by atoms with van der Waals surface area (Å²) in [6.07, 6.45) is 1.96. The summed E-state index contributed by atoms with van der Waals surface area (Å²) in [5.74, 6) is 1.93. The van der Waals surface area contributed by atoms with Crippen LogP contribution in [-0.2, 0) is 5.75 Å². The minimum atomic E-state index is -0.163. The number of ether oxygens (including phenoxy) is 1. The Morgan fingerprint density at radius 2 is 2.21 bits per heavy atom. The summed E-state index contributed by atoms with van der Waals surface area (Å²) < 4.78 is 5.11. The monoisotopic (exact) mass is 277 g/mol. The molecule has 0 bridgehead atoms. The number of H-pyrrole nitrogens is 1. The number of nitrogens with zero attached hydrogens (tertiary/aromatic N) is 1. The zero-order chi connectivity index (χ0) is 13.8. The minimum absolute atomic E-state index is 0.163. The number of rotatable bonds is 4. The summed E-state index contributed by atoms with van der Waals surface area (Å²) in [7, 11) is 1.56. The second-order valence-electron chi connectivity index (χ2n) is 3.97. The molecule has 0 fully saturated rings. The van der Waals surface area contributed by atoms with Crippen LogP contribution in [0.25, 0.3) is 11.3 Å². The fourth-order valence-corrected chi connectivity index (χ4v) is 2.16. The molecule has 0 aliphatic heterocycles. The van der Waals surface area contributed by atoms with Gasteiger partial charge in [0.15, 0.2) is 0 Å². The summed E-state index contributed by atoms with van der Waals surface area (Å²) in [6, 6.07) is 6.82. The number of nitrogens with two attached hydrogens (primary N) is 1. The van der Waals surface area contributed by atoms with E-state index >= 15 is 0 Å². The molecule has 0 atom stereocenters. The van der Waals surface area contributed by atoms with Crippen LogP contribution < -0.4 is 16.0 Å². The van der Waals surface area contributed by atoms with Crippen molar-refractivity contribution in [2.45, 2.75) is 5.75 Å². The molecule has 0 aliphatic carbocycles. The summed E-state index contributed by atoms with van der Waals surface area (Å²) in [5, 5.41) is 0. The maximum absolute atomic E-state index is 11.6. The Morgan fingerprint density at radius 1 is 1.42 bits per heavy atom. The molecule has 2 aromatic rings. The molecule has 100 valence electrons. The molecule has 0 radical (unpaired) electrons. The van der Waals surface area contributed by atoms with E-state index in [0.717, 1.165) is 5.56 Å². The zero-order valence-electron chi connectivity index (χ0n) is 10.8. The third-order valence-corrected chi connectivity index (χ3v) is 3.16. The van der Waals surface area contributed by atoms with E-state index in [4.69, 9.17) is 10.5 Å². The summed E-state index contributed by atoms with van der Waals surface area (Å²) in [6.45, 7) is 0. The number of nitrogen functional groups attached to an aromatic ring is 1. The van der Waals surface area contributed by atoms with E-state index in [1.165, 1.54) is 6.07 Å². The molecule has 0 unspecified atom stereocenters. The zero-order valence-corrected chi connectivity index (χ0v) is 11.6. The molecule has 1 heterocycles. The summed E-state index contributed by atoms with van der Waals surface area (Å²) in [4.78, 5) is 18.7. The van der Waals surface area contributed by atoms with Gasteiger partial charge in [-0.3, -0.25) is 4.79 Å². The Labute approximate surface area is 115 Å². The summed E-state index contributed by atoms with van der Waals surface area (Å²) in [5.41, 5.74) is 7.63. The third-order valence-electron chi connectivity index (χ3n) is 2.60. The molecule has 0 aliphatic rings. The molecule has 19 heavy (non-hydrogen) atoms. The highest BCUT2D eigenvalue weighted by Gasteiger charge is 2.06. The molecule has 0 saturated heterocycles. The number of nitrogens with one attached hydrogen (secondary N) is 1. The minimum Gasteiger partial charge on any atom is -0.495 e. The van der Waals surface area contributed by atoms with E-state index in [-0.39, 0.29) is 5.56 Å². The Hall–Kier alpha value is -1.95. The van der Waals surface area contributed by atoms with Gasteiger partial charge >= 0.3 is 0 Å². The highest BCUT2D eigenvalue weighted by molar-refractivity contribution is 7.97. The smallest absolute Gasteiger partial charge is 0.251 e. The molecule has 1 aromatic heterocycles. The van der Waals surface area contributed by atoms with Gasteiger partial charge in [-0.25, -0.2) is 4.98 Å². The van der Waals surface area contributed by atoms with Crippen molar-refractivity contribution in [3.05, 3.63) is 40.4 Å². The van der Waals surface area contributed by atoms with Crippen LogP contribution in [0.5, 0.6) is 5.75 Å². The van der Waals surface area contributed by atoms with Crippen LogP contribution in [0.4, 0.5) is 5.69 Å². The van der Waals surface area contributed by atoms with E-state index in [0.29, 0.717) is 28.7 Å². The van der Waals surface area contributed by atoms with Crippen LogP contribution in [0.15, 0.2) is 29.1 Å². The fraction of sp³-hybridized carbons (Fsp3) is 0.231. The van der Waals surface area contributed by atoms with Gasteiger partial charge in [0.1, 0.15) is 11.6 Å². The van der Waals surface area contributed by atoms with Crippen molar-refractivity contribution >= 4 is 17.4 Å². The van der Waals surface area contributed by atoms with Gasteiger partial charge in [0.05, 0.1) is 24.2 Å². The molecule has 2 rings (SSSR count). The van der Waals surface area contributed by atoms with Crippen LogP contribution in [0.1, 0.15) is 5.82 Å². The van der Waals surface area contributed by atoms with Crippen LogP contribution in [0, 0.1) is 0 Å². The van der Waals surface area contributed by atoms with Crippen LogP contribution in [0.2, 0.25) is 0 Å².